The molecule has 0 saturated heterocycles. The monoisotopic (exact) mass is 461 g/mol. The van der Waals surface area contributed by atoms with Gasteiger partial charge >= 0.3 is 5.97 Å². The number of aromatic hydroxyl groups is 1. The van der Waals surface area contributed by atoms with Crippen molar-refractivity contribution in [1.82, 2.24) is 10.6 Å². The van der Waals surface area contributed by atoms with Crippen LogP contribution in [0.4, 0.5) is 0 Å². The van der Waals surface area contributed by atoms with E-state index < -0.39 is 5.97 Å². The molecule has 4 rings (SSSR count). The number of hydrogen-bond donors (Lipinski definition) is 5. The molecule has 2 aliphatic rings. The van der Waals surface area contributed by atoms with Crippen LogP contribution in [0.1, 0.15) is 20.7 Å². The Kier molecular flexibility index (Phi) is 6.58. The van der Waals surface area contributed by atoms with Gasteiger partial charge in [0.25, 0.3) is 5.91 Å². The van der Waals surface area contributed by atoms with E-state index in [1.807, 2.05) is 0 Å². The van der Waals surface area contributed by atoms with Gasteiger partial charge in [-0.05, 0) is 48.0 Å². The van der Waals surface area contributed by atoms with Crippen LogP contribution in [-0.4, -0.2) is 48.3 Å². The van der Waals surface area contributed by atoms with Gasteiger partial charge in [-0.3, -0.25) is 9.59 Å². The number of carboxylic acid groups (broad SMARTS) is 1. The first-order chi connectivity index (χ1) is 16.4. The number of nitrogens with two attached hydrogens (primary N) is 1. The van der Waals surface area contributed by atoms with E-state index in [-0.39, 0.29) is 45.1 Å². The smallest absolute Gasteiger partial charge is 0.336 e. The number of carbonyl (C=O) groups excluding carboxylic acids is 1. The highest BCUT2D eigenvalue weighted by Gasteiger charge is 2.23. The highest BCUT2D eigenvalue weighted by molar-refractivity contribution is 6.09. The van der Waals surface area contributed by atoms with E-state index in [4.69, 9.17) is 10.2 Å². The molecule has 9 nitrogen and oxygen atoms in total. The predicted molar refractivity (Wildman–Crippen MR) is 127 cm³/mol. The maximum absolute atomic E-state index is 12.8. The molecule has 0 bridgehead atoms. The second-order valence-corrected chi connectivity index (χ2v) is 7.68. The third kappa shape index (κ3) is 4.61. The van der Waals surface area contributed by atoms with Gasteiger partial charge in [-0.15, -0.1) is 0 Å². The summed E-state index contributed by atoms with van der Waals surface area (Å²) in [4.78, 5) is 36.8. The summed E-state index contributed by atoms with van der Waals surface area (Å²) in [6.45, 7) is 2.04. The van der Waals surface area contributed by atoms with E-state index >= 15 is 0 Å². The fraction of sp³-hybridized carbons (Fsp3) is 0.160. The lowest BCUT2D eigenvalue weighted by atomic mass is 9.89. The molecular formula is C25H23N3O6. The second kappa shape index (κ2) is 9.74. The SMILES string of the molecule is NCCNCCNC(=O)c1ccc(C(=O)O)c(-c2c3ccc(=O)cc-3oc3cc(O)ccc23)c1. The molecule has 1 aliphatic heterocycles. The van der Waals surface area contributed by atoms with Crippen LogP contribution in [0.3, 0.4) is 0 Å². The molecule has 0 spiro atoms. The van der Waals surface area contributed by atoms with Gasteiger partial charge in [-0.2, -0.15) is 0 Å². The summed E-state index contributed by atoms with van der Waals surface area (Å²) in [5, 5.41) is 26.2. The summed E-state index contributed by atoms with van der Waals surface area (Å²) >= 11 is 0. The van der Waals surface area contributed by atoms with Crippen LogP contribution < -0.4 is 21.8 Å². The Morgan fingerprint density at radius 3 is 2.53 bits per heavy atom. The van der Waals surface area contributed by atoms with Crippen LogP contribution >= 0.6 is 0 Å². The van der Waals surface area contributed by atoms with E-state index in [0.29, 0.717) is 42.7 Å². The Hall–Kier alpha value is -4.21. The molecule has 34 heavy (non-hydrogen) atoms. The largest absolute Gasteiger partial charge is 0.508 e. The first-order valence-corrected chi connectivity index (χ1v) is 10.7. The van der Waals surface area contributed by atoms with Crippen LogP contribution in [0.5, 0.6) is 5.75 Å². The van der Waals surface area contributed by atoms with Crippen LogP contribution in [0.2, 0.25) is 0 Å². The van der Waals surface area contributed by atoms with E-state index in [1.54, 1.807) is 12.1 Å². The molecule has 0 unspecified atom stereocenters. The Bertz CT molecular complexity index is 1410. The predicted octanol–water partition coefficient (Wildman–Crippen LogP) is 2.25. The van der Waals surface area contributed by atoms with Crippen molar-refractivity contribution in [2.75, 3.05) is 26.2 Å². The van der Waals surface area contributed by atoms with Gasteiger partial charge < -0.3 is 31.0 Å². The zero-order valence-electron chi connectivity index (χ0n) is 18.1. The molecule has 9 heteroatoms. The third-order valence-electron chi connectivity index (χ3n) is 5.37. The normalized spacial score (nSPS) is 11.1. The van der Waals surface area contributed by atoms with Crippen molar-refractivity contribution in [3.8, 4) is 28.2 Å². The quantitative estimate of drug-likeness (QED) is 0.198. The molecule has 0 aromatic heterocycles. The Morgan fingerprint density at radius 1 is 0.941 bits per heavy atom. The number of hydrogen-bond acceptors (Lipinski definition) is 7. The maximum atomic E-state index is 12.8. The number of benzene rings is 3. The zero-order chi connectivity index (χ0) is 24.2. The molecule has 2 aromatic carbocycles. The molecule has 1 amide bonds. The van der Waals surface area contributed by atoms with Crippen molar-refractivity contribution in [2.45, 2.75) is 0 Å². The third-order valence-corrected chi connectivity index (χ3v) is 5.37. The van der Waals surface area contributed by atoms with Crippen LogP contribution in [-0.2, 0) is 0 Å². The van der Waals surface area contributed by atoms with Gasteiger partial charge in [-0.1, -0.05) is 0 Å². The number of phenols is 1. The van der Waals surface area contributed by atoms with Crippen molar-refractivity contribution in [1.29, 1.82) is 0 Å². The summed E-state index contributed by atoms with van der Waals surface area (Å²) in [5.41, 5.74) is 6.95. The fourth-order valence-corrected chi connectivity index (χ4v) is 3.82. The molecule has 6 N–H and O–H groups in total. The summed E-state index contributed by atoms with van der Waals surface area (Å²) in [7, 11) is 0. The maximum Gasteiger partial charge on any atom is 0.336 e. The average molecular weight is 461 g/mol. The van der Waals surface area contributed by atoms with Crippen molar-refractivity contribution < 1.29 is 24.2 Å². The lowest BCUT2D eigenvalue weighted by molar-refractivity contribution is 0.0697. The van der Waals surface area contributed by atoms with Gasteiger partial charge in [0.05, 0.1) is 5.56 Å². The van der Waals surface area contributed by atoms with Gasteiger partial charge in [-0.25, -0.2) is 4.79 Å². The summed E-state index contributed by atoms with van der Waals surface area (Å²) < 4.78 is 5.83. The van der Waals surface area contributed by atoms with E-state index in [2.05, 4.69) is 10.6 Å². The van der Waals surface area contributed by atoms with Crippen LogP contribution in [0.25, 0.3) is 33.4 Å². The van der Waals surface area contributed by atoms with Crippen molar-refractivity contribution in [3.05, 3.63) is 75.9 Å². The summed E-state index contributed by atoms with van der Waals surface area (Å²) in [6.07, 6.45) is 0. The Labute approximate surface area is 194 Å². The number of carboxylic acids is 1. The van der Waals surface area contributed by atoms with Crippen molar-refractivity contribution in [2.24, 2.45) is 5.73 Å². The standard InChI is InChI=1S/C25H23N3O6/c26-7-8-27-9-10-28-24(31)14-1-4-17(25(32)33)20(11-14)23-18-5-2-15(29)12-21(18)34-22-13-16(30)3-6-19(22)23/h1-6,11-13,27,29H,7-10,26H2,(H,28,31)(H,32,33). The minimum Gasteiger partial charge on any atom is -0.508 e. The topological polar surface area (TPSA) is 155 Å². The Morgan fingerprint density at radius 2 is 1.76 bits per heavy atom. The molecule has 1 aliphatic carbocycles. The Balaban J connectivity index is 1.88. The van der Waals surface area contributed by atoms with Gasteiger partial charge in [0.15, 0.2) is 5.43 Å². The van der Waals surface area contributed by atoms with Crippen LogP contribution in [0, 0.1) is 0 Å². The number of amides is 1. The summed E-state index contributed by atoms with van der Waals surface area (Å²) in [6, 6.07) is 13.0. The molecule has 1 heterocycles. The van der Waals surface area contributed by atoms with Crippen LogP contribution in [0.15, 0.2) is 63.8 Å². The van der Waals surface area contributed by atoms with Crippen molar-refractivity contribution >= 4 is 22.8 Å². The van der Waals surface area contributed by atoms with E-state index in [0.717, 1.165) is 0 Å². The van der Waals surface area contributed by atoms with E-state index in [9.17, 15) is 24.6 Å². The molecule has 0 radical (unpaired) electrons. The van der Waals surface area contributed by atoms with Crippen molar-refractivity contribution in [3.63, 3.8) is 0 Å². The first-order valence-electron chi connectivity index (χ1n) is 10.7. The molecule has 0 atom stereocenters. The molecule has 0 saturated carbocycles. The molecule has 0 fully saturated rings. The lowest BCUT2D eigenvalue weighted by Crippen LogP contribution is -2.33. The number of fused-ring (bicyclic) bond motifs is 2. The fourth-order valence-electron chi connectivity index (χ4n) is 3.82. The lowest BCUT2D eigenvalue weighted by Gasteiger charge is -2.17. The number of nitrogens with one attached hydrogen (secondary N) is 2. The minimum absolute atomic E-state index is 0.0192. The second-order valence-electron chi connectivity index (χ2n) is 7.68. The number of rotatable bonds is 8. The van der Waals surface area contributed by atoms with Gasteiger partial charge in [0, 0.05) is 60.4 Å². The number of aromatic carboxylic acids is 1. The average Bonchev–Trinajstić information content (AvgIpc) is 2.81. The molecular weight excluding hydrogens is 438 g/mol. The summed E-state index contributed by atoms with van der Waals surface area (Å²) in [5.74, 6) is -1.34. The van der Waals surface area contributed by atoms with Gasteiger partial charge in [0.2, 0.25) is 0 Å². The minimum atomic E-state index is -1.17. The highest BCUT2D eigenvalue weighted by atomic mass is 16.4. The van der Waals surface area contributed by atoms with E-state index in [1.165, 1.54) is 42.5 Å². The highest BCUT2D eigenvalue weighted by Crippen LogP contribution is 2.42. The first kappa shape index (κ1) is 23.0. The number of phenolic OH excluding ortho intramolecular Hbond substituents is 1. The van der Waals surface area contributed by atoms with Gasteiger partial charge in [0.1, 0.15) is 17.1 Å². The zero-order valence-corrected chi connectivity index (χ0v) is 18.1. The number of carbonyl (C=O) groups is 2. The molecule has 2 aromatic rings. The molecule has 174 valence electrons.